The van der Waals surface area contributed by atoms with E-state index in [1.807, 2.05) is 22.6 Å². The van der Waals surface area contributed by atoms with Gasteiger partial charge >= 0.3 is 12.0 Å². The quantitative estimate of drug-likeness (QED) is 0.868. The molecular weight excluding hydrogens is 335 g/mol. The molecule has 0 aliphatic carbocycles. The largest absolute Gasteiger partial charge is 0.478 e. The van der Waals surface area contributed by atoms with Gasteiger partial charge in [-0.2, -0.15) is 0 Å². The molecule has 0 spiro atoms. The van der Waals surface area contributed by atoms with E-state index < -0.39 is 5.97 Å². The Kier molecular flexibility index (Phi) is 3.52. The second-order valence-corrected chi connectivity index (χ2v) is 4.32. The highest BCUT2D eigenvalue weighted by atomic mass is 127. The maximum absolute atomic E-state index is 11.0. The van der Waals surface area contributed by atoms with Gasteiger partial charge in [0.05, 0.1) is 0 Å². The average molecular weight is 342 g/mol. The molecule has 0 aliphatic rings. The first-order valence-electron chi connectivity index (χ1n) is 4.64. The highest BCUT2D eigenvalue weighted by molar-refractivity contribution is 14.1. The molecule has 17 heavy (non-hydrogen) atoms. The summed E-state index contributed by atoms with van der Waals surface area (Å²) in [5.74, 6) is -0.821. The molecule has 0 atom stereocenters. The molecule has 86 valence electrons. The molecule has 0 amide bonds. The fourth-order valence-corrected chi connectivity index (χ4v) is 1.69. The van der Waals surface area contributed by atoms with Crippen molar-refractivity contribution in [3.8, 4) is 11.8 Å². The molecule has 1 aromatic heterocycles. The first-order valence-corrected chi connectivity index (χ1v) is 5.72. The predicted octanol–water partition coefficient (Wildman–Crippen LogP) is 2.57. The van der Waals surface area contributed by atoms with E-state index in [1.165, 1.54) is 18.5 Å². The van der Waals surface area contributed by atoms with Crippen LogP contribution in [0, 0.1) is 3.57 Å². The van der Waals surface area contributed by atoms with Gasteiger partial charge in [-0.15, -0.1) is 0 Å². The number of halogens is 1. The van der Waals surface area contributed by atoms with Crippen molar-refractivity contribution in [3.63, 3.8) is 0 Å². The number of carboxylic acids is 1. The van der Waals surface area contributed by atoms with Crippen molar-refractivity contribution >= 4 is 28.6 Å². The van der Waals surface area contributed by atoms with Crippen molar-refractivity contribution in [3.05, 3.63) is 45.8 Å². The van der Waals surface area contributed by atoms with Crippen LogP contribution in [-0.2, 0) is 0 Å². The van der Waals surface area contributed by atoms with Gasteiger partial charge in [-0.25, -0.2) is 14.8 Å². The van der Waals surface area contributed by atoms with E-state index in [2.05, 4.69) is 9.97 Å². The molecule has 2 rings (SSSR count). The molecule has 0 saturated heterocycles. The third kappa shape index (κ3) is 2.90. The second kappa shape index (κ2) is 5.09. The Morgan fingerprint density at radius 1 is 1.29 bits per heavy atom. The summed E-state index contributed by atoms with van der Waals surface area (Å²) in [6.45, 7) is 0. The number of rotatable bonds is 3. The molecule has 0 radical (unpaired) electrons. The molecule has 0 saturated carbocycles. The summed E-state index contributed by atoms with van der Waals surface area (Å²) in [4.78, 5) is 18.8. The molecule has 0 fully saturated rings. The van der Waals surface area contributed by atoms with E-state index in [0.29, 0.717) is 0 Å². The Balaban J connectivity index is 2.36. The molecule has 2 aromatic rings. The molecule has 5 nitrogen and oxygen atoms in total. The SMILES string of the molecule is O=C(O)c1cc(I)ccc1Oc1ncccn1. The Bertz CT molecular complexity index is 546. The van der Waals surface area contributed by atoms with E-state index >= 15 is 0 Å². The predicted molar refractivity (Wildman–Crippen MR) is 68.2 cm³/mol. The minimum Gasteiger partial charge on any atom is -0.478 e. The third-order valence-corrected chi connectivity index (χ3v) is 2.59. The summed E-state index contributed by atoms with van der Waals surface area (Å²) in [7, 11) is 0. The van der Waals surface area contributed by atoms with Crippen LogP contribution in [0.1, 0.15) is 10.4 Å². The topological polar surface area (TPSA) is 72.3 Å². The van der Waals surface area contributed by atoms with E-state index in [-0.39, 0.29) is 17.3 Å². The number of benzene rings is 1. The number of ether oxygens (including phenoxy) is 1. The number of nitrogens with zero attached hydrogens (tertiary/aromatic N) is 2. The summed E-state index contributed by atoms with van der Waals surface area (Å²) in [6, 6.07) is 6.64. The Morgan fingerprint density at radius 3 is 2.65 bits per heavy atom. The maximum Gasteiger partial charge on any atom is 0.339 e. The molecule has 1 heterocycles. The molecule has 1 aromatic carbocycles. The normalized spacial score (nSPS) is 9.94. The van der Waals surface area contributed by atoms with Crippen molar-refractivity contribution in [2.75, 3.05) is 0 Å². The molecule has 1 N–H and O–H groups in total. The molecular formula is C11H7IN2O3. The maximum atomic E-state index is 11.0. The number of aromatic nitrogens is 2. The lowest BCUT2D eigenvalue weighted by molar-refractivity contribution is 0.0694. The molecule has 0 aliphatic heterocycles. The van der Waals surface area contributed by atoms with Crippen molar-refractivity contribution in [1.29, 1.82) is 0 Å². The minimum absolute atomic E-state index is 0.0874. The van der Waals surface area contributed by atoms with Crippen LogP contribution in [0.2, 0.25) is 0 Å². The van der Waals surface area contributed by atoms with Gasteiger partial charge in [-0.3, -0.25) is 0 Å². The summed E-state index contributed by atoms with van der Waals surface area (Å²) >= 11 is 2.04. The summed E-state index contributed by atoms with van der Waals surface area (Å²) in [5, 5.41) is 9.04. The minimum atomic E-state index is -1.05. The smallest absolute Gasteiger partial charge is 0.339 e. The van der Waals surface area contributed by atoms with Crippen molar-refractivity contribution in [2.45, 2.75) is 0 Å². The molecule has 0 bridgehead atoms. The first kappa shape index (κ1) is 11.8. The van der Waals surface area contributed by atoms with Gasteiger partial charge in [-0.05, 0) is 46.9 Å². The van der Waals surface area contributed by atoms with Gasteiger partial charge in [0, 0.05) is 16.0 Å². The lowest BCUT2D eigenvalue weighted by Crippen LogP contribution is -2.01. The van der Waals surface area contributed by atoms with Crippen LogP contribution in [0.5, 0.6) is 11.8 Å². The Labute approximate surface area is 111 Å². The zero-order chi connectivity index (χ0) is 12.3. The van der Waals surface area contributed by atoms with Crippen LogP contribution in [0.4, 0.5) is 0 Å². The van der Waals surface area contributed by atoms with E-state index in [9.17, 15) is 4.79 Å². The summed E-state index contributed by atoms with van der Waals surface area (Å²) < 4.78 is 6.14. The monoisotopic (exact) mass is 342 g/mol. The third-order valence-electron chi connectivity index (χ3n) is 1.92. The van der Waals surface area contributed by atoms with Crippen LogP contribution >= 0.6 is 22.6 Å². The number of hydrogen-bond acceptors (Lipinski definition) is 4. The first-order chi connectivity index (χ1) is 8.16. The van der Waals surface area contributed by atoms with Crippen LogP contribution in [0.25, 0.3) is 0 Å². The van der Waals surface area contributed by atoms with Crippen LogP contribution in [0.15, 0.2) is 36.7 Å². The average Bonchev–Trinajstić information content (AvgIpc) is 2.32. The molecule has 0 unspecified atom stereocenters. The lowest BCUT2D eigenvalue weighted by atomic mass is 10.2. The standard InChI is InChI=1S/C11H7IN2O3/c12-7-2-3-9(8(6-7)10(15)16)17-11-13-4-1-5-14-11/h1-6H,(H,15,16). The Morgan fingerprint density at radius 2 is 2.00 bits per heavy atom. The van der Waals surface area contributed by atoms with Crippen LogP contribution in [0.3, 0.4) is 0 Å². The van der Waals surface area contributed by atoms with Gasteiger partial charge in [0.15, 0.2) is 0 Å². The van der Waals surface area contributed by atoms with Gasteiger partial charge in [-0.1, -0.05) is 0 Å². The van der Waals surface area contributed by atoms with Crippen LogP contribution in [-0.4, -0.2) is 21.0 Å². The van der Waals surface area contributed by atoms with Crippen LogP contribution < -0.4 is 4.74 Å². The van der Waals surface area contributed by atoms with Crippen molar-refractivity contribution < 1.29 is 14.6 Å². The lowest BCUT2D eigenvalue weighted by Gasteiger charge is -2.06. The fourth-order valence-electron chi connectivity index (χ4n) is 1.19. The van der Waals surface area contributed by atoms with Gasteiger partial charge in [0.25, 0.3) is 0 Å². The second-order valence-electron chi connectivity index (χ2n) is 3.08. The van der Waals surface area contributed by atoms with Gasteiger partial charge in [0.2, 0.25) is 0 Å². The van der Waals surface area contributed by atoms with Crippen molar-refractivity contribution in [1.82, 2.24) is 9.97 Å². The number of hydrogen-bond donors (Lipinski definition) is 1. The van der Waals surface area contributed by atoms with Crippen molar-refractivity contribution in [2.24, 2.45) is 0 Å². The van der Waals surface area contributed by atoms with Gasteiger partial charge in [0.1, 0.15) is 11.3 Å². The zero-order valence-corrected chi connectivity index (χ0v) is 10.7. The highest BCUT2D eigenvalue weighted by Crippen LogP contribution is 2.24. The van der Waals surface area contributed by atoms with E-state index in [0.717, 1.165) is 3.57 Å². The van der Waals surface area contributed by atoms with E-state index in [4.69, 9.17) is 9.84 Å². The summed E-state index contributed by atoms with van der Waals surface area (Å²) in [6.07, 6.45) is 3.05. The fraction of sp³-hybridized carbons (Fsp3) is 0. The highest BCUT2D eigenvalue weighted by Gasteiger charge is 2.13. The molecule has 6 heteroatoms. The summed E-state index contributed by atoms with van der Waals surface area (Å²) in [5.41, 5.74) is 0.0874. The number of aromatic carboxylic acids is 1. The number of carboxylic acid groups (broad SMARTS) is 1. The van der Waals surface area contributed by atoms with Gasteiger partial charge < -0.3 is 9.84 Å². The van der Waals surface area contributed by atoms with E-state index in [1.54, 1.807) is 18.2 Å². The number of carbonyl (C=O) groups is 1. The zero-order valence-electron chi connectivity index (χ0n) is 8.50. The Hall–Kier alpha value is -1.70.